The number of ketones is 3. The van der Waals surface area contributed by atoms with E-state index in [1.54, 1.807) is 18.2 Å². The van der Waals surface area contributed by atoms with Gasteiger partial charge in [0.15, 0.2) is 11.6 Å². The summed E-state index contributed by atoms with van der Waals surface area (Å²) in [5.74, 6) is -0.540. The Balaban J connectivity index is 1.28. The molecule has 208 valence electrons. The molecule has 3 saturated carbocycles. The molecule has 2 aromatic rings. The van der Waals surface area contributed by atoms with Crippen LogP contribution in [0.1, 0.15) is 57.9 Å². The van der Waals surface area contributed by atoms with Crippen LogP contribution in [0, 0.1) is 28.6 Å². The maximum absolute atomic E-state index is 14.0. The van der Waals surface area contributed by atoms with E-state index < -0.39 is 28.8 Å². The van der Waals surface area contributed by atoms with E-state index in [-0.39, 0.29) is 54.0 Å². The average molecular weight is 535 g/mol. The van der Waals surface area contributed by atoms with Crippen molar-refractivity contribution in [3.8, 4) is 5.75 Å². The number of hydrogen-bond acceptors (Lipinski definition) is 7. The molecule has 1 heterocycles. The molecule has 0 amide bonds. The Morgan fingerprint density at radius 1 is 1.21 bits per heavy atom. The summed E-state index contributed by atoms with van der Waals surface area (Å²) in [5, 5.41) is 35.6. The molecule has 1 unspecified atom stereocenters. The number of aromatic amines is 1. The lowest BCUT2D eigenvalue weighted by molar-refractivity contribution is -0.171. The molecule has 0 radical (unpaired) electrons. The maximum Gasteiger partial charge on any atom is 0.190 e. The highest BCUT2D eigenvalue weighted by Gasteiger charge is 2.69. The third kappa shape index (κ3) is 3.71. The second kappa shape index (κ2) is 9.11. The third-order valence-electron chi connectivity index (χ3n) is 11.1. The summed E-state index contributed by atoms with van der Waals surface area (Å²) in [4.78, 5) is 42.8. The van der Waals surface area contributed by atoms with Gasteiger partial charge in [-0.2, -0.15) is 0 Å². The molecule has 7 atom stereocenters. The molecular weight excluding hydrogens is 496 g/mol. The number of H-pyrrole nitrogens is 1. The molecule has 8 heteroatoms. The van der Waals surface area contributed by atoms with Crippen LogP contribution in [0.2, 0.25) is 0 Å². The zero-order valence-corrected chi connectivity index (χ0v) is 22.6. The molecule has 4 aliphatic carbocycles. The van der Waals surface area contributed by atoms with Crippen LogP contribution >= 0.6 is 0 Å². The summed E-state index contributed by atoms with van der Waals surface area (Å²) in [7, 11) is 0. The minimum atomic E-state index is -1.68. The second-order valence-corrected chi connectivity index (χ2v) is 12.8. The number of rotatable bonds is 6. The Morgan fingerprint density at radius 2 is 2.00 bits per heavy atom. The molecule has 0 spiro atoms. The number of carbonyl (C=O) groups excluding carboxylic acids is 3. The zero-order valence-electron chi connectivity index (χ0n) is 22.6. The fourth-order valence-electron chi connectivity index (χ4n) is 9.08. The number of aromatic hydroxyl groups is 1. The van der Waals surface area contributed by atoms with Gasteiger partial charge in [0.05, 0.1) is 0 Å². The summed E-state index contributed by atoms with van der Waals surface area (Å²) in [6.45, 7) is 3.87. The summed E-state index contributed by atoms with van der Waals surface area (Å²) in [5.41, 5.74) is -0.0489. The molecule has 39 heavy (non-hydrogen) atoms. The van der Waals surface area contributed by atoms with E-state index in [0.29, 0.717) is 25.8 Å². The van der Waals surface area contributed by atoms with Crippen LogP contribution in [0.3, 0.4) is 0 Å². The fraction of sp³-hybridized carbons (Fsp3) is 0.581. The highest BCUT2D eigenvalue weighted by atomic mass is 16.3. The van der Waals surface area contributed by atoms with Crippen molar-refractivity contribution >= 4 is 28.3 Å². The predicted octanol–water partition coefficient (Wildman–Crippen LogP) is 2.99. The number of nitrogens with one attached hydrogen (secondary N) is 2. The Labute approximate surface area is 227 Å². The quantitative estimate of drug-likeness (QED) is 0.384. The number of phenols is 1. The molecule has 5 N–H and O–H groups in total. The number of benzene rings is 1. The van der Waals surface area contributed by atoms with Gasteiger partial charge in [0.1, 0.15) is 23.7 Å². The van der Waals surface area contributed by atoms with Crippen molar-refractivity contribution in [3.05, 3.63) is 41.6 Å². The van der Waals surface area contributed by atoms with Gasteiger partial charge in [0, 0.05) is 52.7 Å². The Hall–Kier alpha value is -2.81. The van der Waals surface area contributed by atoms with Crippen molar-refractivity contribution in [2.75, 3.05) is 13.2 Å². The normalized spacial score (nSPS) is 37.8. The number of aromatic nitrogens is 1. The maximum atomic E-state index is 14.0. The molecule has 6 rings (SSSR count). The van der Waals surface area contributed by atoms with Crippen LogP contribution in [-0.4, -0.2) is 62.4 Å². The van der Waals surface area contributed by atoms with E-state index in [1.165, 1.54) is 0 Å². The highest BCUT2D eigenvalue weighted by molar-refractivity contribution is 5.95. The monoisotopic (exact) mass is 534 g/mol. The Kier molecular flexibility index (Phi) is 6.17. The van der Waals surface area contributed by atoms with Crippen LogP contribution < -0.4 is 5.32 Å². The first-order valence-corrected chi connectivity index (χ1v) is 14.2. The lowest BCUT2D eigenvalue weighted by Gasteiger charge is -2.59. The zero-order chi connectivity index (χ0) is 27.7. The molecular formula is C31H38N2O6. The summed E-state index contributed by atoms with van der Waals surface area (Å²) < 4.78 is 0. The van der Waals surface area contributed by atoms with Crippen LogP contribution in [0.5, 0.6) is 5.75 Å². The van der Waals surface area contributed by atoms with Crippen LogP contribution in [0.15, 0.2) is 36.0 Å². The van der Waals surface area contributed by atoms with Gasteiger partial charge in [-0.3, -0.25) is 14.4 Å². The first-order valence-electron chi connectivity index (χ1n) is 14.2. The number of aliphatic hydroxyl groups excluding tert-OH is 1. The molecule has 3 fully saturated rings. The van der Waals surface area contributed by atoms with Gasteiger partial charge in [0.2, 0.25) is 0 Å². The molecule has 4 aliphatic rings. The smallest absolute Gasteiger partial charge is 0.190 e. The predicted molar refractivity (Wildman–Crippen MR) is 145 cm³/mol. The highest BCUT2D eigenvalue weighted by Crippen LogP contribution is 2.66. The summed E-state index contributed by atoms with van der Waals surface area (Å²) in [6.07, 6.45) is 7.21. The van der Waals surface area contributed by atoms with Crippen LogP contribution in [-0.2, 0) is 20.8 Å². The van der Waals surface area contributed by atoms with Gasteiger partial charge < -0.3 is 25.6 Å². The molecule has 8 nitrogen and oxygen atoms in total. The average Bonchev–Trinajstić information content (AvgIpc) is 3.41. The number of carbonyl (C=O) groups is 3. The van der Waals surface area contributed by atoms with E-state index in [4.69, 9.17) is 0 Å². The van der Waals surface area contributed by atoms with Gasteiger partial charge in [-0.25, -0.2) is 0 Å². The lowest BCUT2D eigenvalue weighted by Crippen LogP contribution is -2.64. The summed E-state index contributed by atoms with van der Waals surface area (Å²) >= 11 is 0. The van der Waals surface area contributed by atoms with Crippen molar-refractivity contribution in [1.29, 1.82) is 0 Å². The van der Waals surface area contributed by atoms with Crippen LogP contribution in [0.4, 0.5) is 0 Å². The van der Waals surface area contributed by atoms with E-state index >= 15 is 0 Å². The Bertz CT molecular complexity index is 1390. The minimum Gasteiger partial charge on any atom is -0.508 e. The number of phenolic OH excluding ortho intramolecular Hbond substituents is 1. The largest absolute Gasteiger partial charge is 0.508 e. The molecule has 0 bridgehead atoms. The third-order valence-corrected chi connectivity index (χ3v) is 11.1. The van der Waals surface area contributed by atoms with Crippen LogP contribution in [0.25, 0.3) is 10.9 Å². The van der Waals surface area contributed by atoms with E-state index in [2.05, 4.69) is 17.2 Å². The standard InChI is InChI=1S/C31H38N2O6/c1-29-14-25(37)28-21(23(29)7-9-31(29,39)27(38)16-34)5-3-18-11-20(36)13-26(30(18,28)2)32-10-8-17-15-33-24-6-4-19(35)12-22(17)24/h4,6,11-12,15,21,23,26,28,32-35,39H,3,5,7-10,13-14,16H2,1-2H3/t21-,23-,26?,28+,29-,30+,31-/m0/s1. The Morgan fingerprint density at radius 3 is 2.77 bits per heavy atom. The first kappa shape index (κ1) is 26.4. The van der Waals surface area contributed by atoms with Crippen molar-refractivity contribution in [3.63, 3.8) is 0 Å². The minimum absolute atomic E-state index is 0.00347. The fourth-order valence-corrected chi connectivity index (χ4v) is 9.08. The second-order valence-electron chi connectivity index (χ2n) is 12.8. The number of Topliss-reactive ketones (excluding diaryl/α,β-unsaturated/α-hetero) is 2. The van der Waals surface area contributed by atoms with Gasteiger partial charge in [-0.1, -0.05) is 19.4 Å². The van der Waals surface area contributed by atoms with Gasteiger partial charge >= 0.3 is 0 Å². The van der Waals surface area contributed by atoms with E-state index in [9.17, 15) is 29.7 Å². The lowest BCUT2D eigenvalue weighted by atomic mass is 9.45. The van der Waals surface area contributed by atoms with Crippen molar-refractivity contribution < 1.29 is 29.7 Å². The van der Waals surface area contributed by atoms with E-state index in [1.807, 2.05) is 19.2 Å². The van der Waals surface area contributed by atoms with Gasteiger partial charge in [-0.15, -0.1) is 0 Å². The first-order chi connectivity index (χ1) is 18.5. The SMILES string of the molecule is C[C@]12CC(=O)[C@H]3[C@@H](CCC4=CC(=O)CC(NCCc5c[nH]c6ccc(O)cc56)[C@@]43C)[C@@H]1CC[C@]2(O)C(=O)CO. The molecule has 0 aliphatic heterocycles. The summed E-state index contributed by atoms with van der Waals surface area (Å²) in [6, 6.07) is 5.05. The molecule has 1 aromatic carbocycles. The molecule has 0 saturated heterocycles. The number of fused-ring (bicyclic) bond motifs is 6. The van der Waals surface area contributed by atoms with E-state index in [0.717, 1.165) is 34.9 Å². The molecule has 1 aromatic heterocycles. The van der Waals surface area contributed by atoms with Crippen molar-refractivity contribution in [2.45, 2.75) is 70.4 Å². The number of aliphatic hydroxyl groups is 2. The van der Waals surface area contributed by atoms with Gasteiger partial charge in [-0.05, 0) is 80.3 Å². The number of hydrogen-bond donors (Lipinski definition) is 5. The topological polar surface area (TPSA) is 140 Å². The van der Waals surface area contributed by atoms with Crippen molar-refractivity contribution in [1.82, 2.24) is 10.3 Å². The van der Waals surface area contributed by atoms with Gasteiger partial charge in [0.25, 0.3) is 0 Å². The van der Waals surface area contributed by atoms with Crippen molar-refractivity contribution in [2.24, 2.45) is 28.6 Å².